The van der Waals surface area contributed by atoms with Crippen molar-refractivity contribution in [3.8, 4) is 0 Å². The summed E-state index contributed by atoms with van der Waals surface area (Å²) in [5, 5.41) is 31.8. The lowest BCUT2D eigenvalue weighted by Crippen LogP contribution is -2.67. The minimum absolute atomic E-state index is 0.00812. The molecule has 5 aliphatic carbocycles. The van der Waals surface area contributed by atoms with E-state index in [1.165, 1.54) is 6.92 Å². The van der Waals surface area contributed by atoms with Crippen LogP contribution in [0.5, 0.6) is 0 Å². The standard InChI is InChI=1S/C32H50O6/c1-19(17-33)21-9-14-32(27(36)37)16-15-30(5)22(26(21)32)7-8-24-28(3)12-11-25(35)29(4,18-38-20(2)34)23(28)10-13-31(24,30)6/h21-26,33,35H,1,7-18H2,2-6H3,(H,36,37)/t21-,22+,23+,24+,25?,26+,28-,29-,30+,31+,32-/m0/s1. The van der Waals surface area contributed by atoms with E-state index in [1.54, 1.807) is 0 Å². The topological polar surface area (TPSA) is 104 Å². The Morgan fingerprint density at radius 1 is 0.895 bits per heavy atom. The highest BCUT2D eigenvalue weighted by molar-refractivity contribution is 5.76. The number of hydrogen-bond acceptors (Lipinski definition) is 5. The fraction of sp³-hybridized carbons (Fsp3) is 0.875. The van der Waals surface area contributed by atoms with Crippen molar-refractivity contribution in [2.24, 2.45) is 56.7 Å². The van der Waals surface area contributed by atoms with Crippen LogP contribution in [0.3, 0.4) is 0 Å². The van der Waals surface area contributed by atoms with E-state index in [9.17, 15) is 24.9 Å². The zero-order chi connectivity index (χ0) is 27.9. The first kappa shape index (κ1) is 28.1. The summed E-state index contributed by atoms with van der Waals surface area (Å²) in [5.41, 5.74) is -0.251. The first-order chi connectivity index (χ1) is 17.7. The van der Waals surface area contributed by atoms with Gasteiger partial charge in [0.15, 0.2) is 0 Å². The highest BCUT2D eigenvalue weighted by atomic mass is 16.5. The maximum absolute atomic E-state index is 12.9. The van der Waals surface area contributed by atoms with Crippen molar-refractivity contribution in [1.82, 2.24) is 0 Å². The summed E-state index contributed by atoms with van der Waals surface area (Å²) in [7, 11) is 0. The van der Waals surface area contributed by atoms with E-state index in [4.69, 9.17) is 4.74 Å². The normalized spacial score (nSPS) is 51.7. The Bertz CT molecular complexity index is 1010. The quantitative estimate of drug-likeness (QED) is 0.316. The lowest BCUT2D eigenvalue weighted by molar-refractivity contribution is -0.255. The molecule has 3 N–H and O–H groups in total. The molecule has 0 aromatic rings. The van der Waals surface area contributed by atoms with Crippen LogP contribution in [0.25, 0.3) is 0 Å². The van der Waals surface area contributed by atoms with Crippen molar-refractivity contribution in [3.63, 3.8) is 0 Å². The van der Waals surface area contributed by atoms with E-state index in [0.29, 0.717) is 24.7 Å². The maximum atomic E-state index is 12.9. The summed E-state index contributed by atoms with van der Waals surface area (Å²) >= 11 is 0. The van der Waals surface area contributed by atoms with Crippen molar-refractivity contribution in [2.45, 2.75) is 105 Å². The number of carboxylic acids is 1. The van der Waals surface area contributed by atoms with Gasteiger partial charge in [0.05, 0.1) is 24.7 Å². The number of ether oxygens (including phenoxy) is 1. The molecule has 5 fully saturated rings. The van der Waals surface area contributed by atoms with Crippen LogP contribution in [0.4, 0.5) is 0 Å². The minimum Gasteiger partial charge on any atom is -0.481 e. The first-order valence-corrected chi connectivity index (χ1v) is 15.0. The zero-order valence-corrected chi connectivity index (χ0v) is 24.2. The molecule has 0 amide bonds. The van der Waals surface area contributed by atoms with Crippen molar-refractivity contribution < 1.29 is 29.6 Å². The van der Waals surface area contributed by atoms with E-state index in [0.717, 1.165) is 56.9 Å². The SMILES string of the molecule is C=C(CO)[C@@H]1CC[C@]2(C(=O)O)CC[C@]3(C)[C@H](CC[C@@H]4[C@@]5(C)CCC(O)[C@@](C)(COC(C)=O)[C@@H]5CC[C@]43C)[C@@H]12. The second kappa shape index (κ2) is 9.06. The fourth-order valence-corrected chi connectivity index (χ4v) is 11.8. The second-order valence-electron chi connectivity index (χ2n) is 15.0. The van der Waals surface area contributed by atoms with Crippen molar-refractivity contribution in [2.75, 3.05) is 13.2 Å². The number of fused-ring (bicyclic) bond motifs is 7. The van der Waals surface area contributed by atoms with Gasteiger partial charge in [0.2, 0.25) is 0 Å². The second-order valence-corrected chi connectivity index (χ2v) is 15.0. The zero-order valence-electron chi connectivity index (χ0n) is 24.2. The number of carboxylic acid groups (broad SMARTS) is 1. The van der Waals surface area contributed by atoms with Crippen LogP contribution < -0.4 is 0 Å². The largest absolute Gasteiger partial charge is 0.481 e. The van der Waals surface area contributed by atoms with Gasteiger partial charge in [-0.05, 0) is 116 Å². The molecule has 5 rings (SSSR count). The van der Waals surface area contributed by atoms with Gasteiger partial charge in [-0.15, -0.1) is 0 Å². The molecule has 6 heteroatoms. The molecule has 0 aliphatic heterocycles. The third kappa shape index (κ3) is 3.50. The van der Waals surface area contributed by atoms with Crippen LogP contribution in [-0.2, 0) is 14.3 Å². The van der Waals surface area contributed by atoms with Gasteiger partial charge in [-0.2, -0.15) is 0 Å². The van der Waals surface area contributed by atoms with Gasteiger partial charge in [0.1, 0.15) is 0 Å². The average molecular weight is 531 g/mol. The lowest BCUT2D eigenvalue weighted by atomic mass is 9.32. The van der Waals surface area contributed by atoms with Gasteiger partial charge in [-0.1, -0.05) is 34.3 Å². The lowest BCUT2D eigenvalue weighted by Gasteiger charge is -2.72. The number of aliphatic carboxylic acids is 1. The molecule has 0 aromatic carbocycles. The summed E-state index contributed by atoms with van der Waals surface area (Å²) in [6, 6.07) is 0. The average Bonchev–Trinajstić information content (AvgIpc) is 3.26. The molecule has 0 saturated heterocycles. The van der Waals surface area contributed by atoms with Gasteiger partial charge in [-0.25, -0.2) is 0 Å². The van der Waals surface area contributed by atoms with Crippen LogP contribution in [0, 0.1) is 56.7 Å². The van der Waals surface area contributed by atoms with Crippen molar-refractivity contribution in [3.05, 3.63) is 12.2 Å². The highest BCUT2D eigenvalue weighted by Crippen LogP contribution is 2.77. The van der Waals surface area contributed by atoms with E-state index in [-0.39, 0.29) is 53.2 Å². The molecule has 0 heterocycles. The summed E-state index contributed by atoms with van der Waals surface area (Å²) in [4.78, 5) is 24.6. The van der Waals surface area contributed by atoms with Crippen LogP contribution in [-0.4, -0.2) is 46.6 Å². The number of carbonyl (C=O) groups is 2. The molecule has 214 valence electrons. The van der Waals surface area contributed by atoms with E-state index in [2.05, 4.69) is 34.3 Å². The molecule has 11 atom stereocenters. The molecule has 0 radical (unpaired) electrons. The highest BCUT2D eigenvalue weighted by Gasteiger charge is 2.72. The minimum atomic E-state index is -0.700. The molecular formula is C32H50O6. The maximum Gasteiger partial charge on any atom is 0.309 e. The number of rotatable bonds is 5. The predicted molar refractivity (Wildman–Crippen MR) is 145 cm³/mol. The molecular weight excluding hydrogens is 480 g/mol. The van der Waals surface area contributed by atoms with Gasteiger partial charge >= 0.3 is 11.9 Å². The predicted octanol–water partition coefficient (Wildman–Crippen LogP) is 5.61. The van der Waals surface area contributed by atoms with Crippen LogP contribution in [0.2, 0.25) is 0 Å². The molecule has 5 saturated carbocycles. The van der Waals surface area contributed by atoms with E-state index in [1.807, 2.05) is 0 Å². The fourth-order valence-electron chi connectivity index (χ4n) is 11.8. The van der Waals surface area contributed by atoms with Crippen LogP contribution in [0.15, 0.2) is 12.2 Å². The van der Waals surface area contributed by atoms with Crippen LogP contribution in [0.1, 0.15) is 98.8 Å². The number of esters is 1. The van der Waals surface area contributed by atoms with Crippen molar-refractivity contribution >= 4 is 11.9 Å². The van der Waals surface area contributed by atoms with E-state index < -0.39 is 22.9 Å². The Morgan fingerprint density at radius 3 is 2.24 bits per heavy atom. The monoisotopic (exact) mass is 530 g/mol. The third-order valence-corrected chi connectivity index (χ3v) is 14.0. The molecule has 38 heavy (non-hydrogen) atoms. The van der Waals surface area contributed by atoms with Crippen LogP contribution >= 0.6 is 0 Å². The van der Waals surface area contributed by atoms with E-state index >= 15 is 0 Å². The first-order valence-electron chi connectivity index (χ1n) is 15.0. The number of aliphatic hydroxyl groups is 2. The summed E-state index contributed by atoms with van der Waals surface area (Å²) < 4.78 is 5.56. The molecule has 5 aliphatic rings. The molecule has 0 aromatic heterocycles. The smallest absolute Gasteiger partial charge is 0.309 e. The Morgan fingerprint density at radius 2 is 1.61 bits per heavy atom. The summed E-state index contributed by atoms with van der Waals surface area (Å²) in [6.07, 6.45) is 8.47. The third-order valence-electron chi connectivity index (χ3n) is 14.0. The summed E-state index contributed by atoms with van der Waals surface area (Å²) in [6.45, 7) is 15.4. The number of hydrogen-bond donors (Lipinski definition) is 3. The van der Waals surface area contributed by atoms with Gasteiger partial charge in [0.25, 0.3) is 0 Å². The van der Waals surface area contributed by atoms with Gasteiger partial charge < -0.3 is 20.1 Å². The number of aliphatic hydroxyl groups excluding tert-OH is 2. The Kier molecular flexibility index (Phi) is 6.71. The van der Waals surface area contributed by atoms with Gasteiger partial charge in [-0.3, -0.25) is 9.59 Å². The Labute approximate surface area is 228 Å². The Balaban J connectivity index is 1.53. The molecule has 0 spiro atoms. The summed E-state index contributed by atoms with van der Waals surface area (Å²) in [5.74, 6) is 0.200. The number of carbonyl (C=O) groups excluding carboxylic acids is 1. The Hall–Kier alpha value is -1.40. The molecule has 6 nitrogen and oxygen atoms in total. The molecule has 0 bridgehead atoms. The van der Waals surface area contributed by atoms with Crippen molar-refractivity contribution in [1.29, 1.82) is 0 Å². The van der Waals surface area contributed by atoms with Gasteiger partial charge in [0, 0.05) is 12.3 Å². The molecule has 1 unspecified atom stereocenters.